The molecule has 0 unspecified atom stereocenters. The normalized spacial score (nSPS) is 14.5. The summed E-state index contributed by atoms with van der Waals surface area (Å²) in [5.74, 6) is -0.392. The van der Waals surface area contributed by atoms with Gasteiger partial charge in [-0.15, -0.1) is 0 Å². The van der Waals surface area contributed by atoms with Crippen LogP contribution in [0.15, 0.2) is 47.4 Å². The first-order chi connectivity index (χ1) is 13.3. The molecule has 1 aliphatic rings. The van der Waals surface area contributed by atoms with Crippen molar-refractivity contribution in [1.82, 2.24) is 4.31 Å². The molecular weight excluding hydrogens is 398 g/mol. The summed E-state index contributed by atoms with van der Waals surface area (Å²) in [6.07, 6.45) is 2.40. The van der Waals surface area contributed by atoms with Crippen molar-refractivity contribution in [3.05, 3.63) is 53.1 Å². The molecule has 150 valence electrons. The molecule has 1 saturated heterocycles. The van der Waals surface area contributed by atoms with Crippen LogP contribution in [0.4, 0.5) is 11.4 Å². The third kappa shape index (κ3) is 4.66. The lowest BCUT2D eigenvalue weighted by molar-refractivity contribution is -0.116. The fraction of sp³-hybridized carbons (Fsp3) is 0.350. The topological polar surface area (TPSA) is 69.7 Å². The summed E-state index contributed by atoms with van der Waals surface area (Å²) in [5.41, 5.74) is 2.78. The molecule has 1 fully saturated rings. The maximum atomic E-state index is 12.6. The summed E-state index contributed by atoms with van der Waals surface area (Å²) in [7, 11) is -2.38. The van der Waals surface area contributed by atoms with Crippen LogP contribution in [0.1, 0.15) is 18.4 Å². The molecule has 0 atom stereocenters. The number of hydrogen-bond acceptors (Lipinski definition) is 4. The van der Waals surface area contributed by atoms with E-state index in [9.17, 15) is 13.2 Å². The van der Waals surface area contributed by atoms with Gasteiger partial charge < -0.3 is 10.2 Å². The number of hydrogen-bond donors (Lipinski definition) is 1. The van der Waals surface area contributed by atoms with Gasteiger partial charge >= 0.3 is 0 Å². The van der Waals surface area contributed by atoms with E-state index in [-0.39, 0.29) is 11.4 Å². The van der Waals surface area contributed by atoms with Gasteiger partial charge in [-0.25, -0.2) is 8.42 Å². The highest BCUT2D eigenvalue weighted by atomic mass is 35.5. The Hall–Kier alpha value is -2.09. The van der Waals surface area contributed by atoms with Crippen LogP contribution in [0.25, 0.3) is 0 Å². The van der Waals surface area contributed by atoms with Crippen molar-refractivity contribution in [3.8, 4) is 0 Å². The van der Waals surface area contributed by atoms with Gasteiger partial charge in [0.1, 0.15) is 0 Å². The zero-order chi connectivity index (χ0) is 20.3. The number of anilines is 2. The van der Waals surface area contributed by atoms with Gasteiger partial charge in [0.2, 0.25) is 15.9 Å². The van der Waals surface area contributed by atoms with Crippen LogP contribution < -0.4 is 10.2 Å². The van der Waals surface area contributed by atoms with Crippen LogP contribution >= 0.6 is 11.6 Å². The fourth-order valence-corrected chi connectivity index (χ4v) is 4.48. The van der Waals surface area contributed by atoms with E-state index < -0.39 is 15.9 Å². The van der Waals surface area contributed by atoms with Crippen molar-refractivity contribution < 1.29 is 13.2 Å². The van der Waals surface area contributed by atoms with Gasteiger partial charge in [0.15, 0.2) is 0 Å². The van der Waals surface area contributed by atoms with E-state index in [2.05, 4.69) is 16.3 Å². The lowest BCUT2D eigenvalue weighted by atomic mass is 10.1. The molecule has 0 aromatic heterocycles. The first kappa shape index (κ1) is 20.6. The Labute approximate surface area is 171 Å². The Morgan fingerprint density at radius 2 is 1.79 bits per heavy atom. The minimum absolute atomic E-state index is 0.0957. The predicted molar refractivity (Wildman–Crippen MR) is 113 cm³/mol. The standard InChI is InChI=1S/C20H24ClN3O3S/c1-15-13-17(24-11-3-4-12-24)7-10-19(15)22-20(25)14-23(2)28(26,27)18-8-5-16(21)6-9-18/h5-10,13H,3-4,11-12,14H2,1-2H3,(H,22,25). The summed E-state index contributed by atoms with van der Waals surface area (Å²) in [6.45, 7) is 3.76. The molecular formula is C20H24ClN3O3S. The Balaban J connectivity index is 1.65. The maximum Gasteiger partial charge on any atom is 0.243 e. The second-order valence-electron chi connectivity index (χ2n) is 6.96. The van der Waals surface area contributed by atoms with Gasteiger partial charge in [-0.2, -0.15) is 4.31 Å². The average molecular weight is 422 g/mol. The molecule has 1 amide bonds. The maximum absolute atomic E-state index is 12.6. The van der Waals surface area contributed by atoms with E-state index in [1.807, 2.05) is 19.1 Å². The second kappa shape index (κ2) is 8.51. The molecule has 3 rings (SSSR count). The number of amides is 1. The molecule has 0 spiro atoms. The van der Waals surface area contributed by atoms with Crippen LogP contribution in [0.2, 0.25) is 5.02 Å². The molecule has 28 heavy (non-hydrogen) atoms. The highest BCUT2D eigenvalue weighted by molar-refractivity contribution is 7.89. The van der Waals surface area contributed by atoms with Gasteiger partial charge in [0.25, 0.3) is 0 Å². The van der Waals surface area contributed by atoms with Crippen molar-refractivity contribution in [2.45, 2.75) is 24.7 Å². The molecule has 6 nitrogen and oxygen atoms in total. The van der Waals surface area contributed by atoms with Crippen LogP contribution in [-0.2, 0) is 14.8 Å². The van der Waals surface area contributed by atoms with Gasteiger partial charge in [-0.05, 0) is 67.8 Å². The predicted octanol–water partition coefficient (Wildman–Crippen LogP) is 3.51. The molecule has 2 aromatic carbocycles. The fourth-order valence-electron chi connectivity index (χ4n) is 3.22. The highest BCUT2D eigenvalue weighted by Crippen LogP contribution is 2.25. The molecule has 2 aromatic rings. The molecule has 8 heteroatoms. The Morgan fingerprint density at radius 3 is 2.39 bits per heavy atom. The van der Waals surface area contributed by atoms with Crippen LogP contribution in [0.3, 0.4) is 0 Å². The SMILES string of the molecule is Cc1cc(N2CCCC2)ccc1NC(=O)CN(C)S(=O)(=O)c1ccc(Cl)cc1. The number of aryl methyl sites for hydroxylation is 1. The number of likely N-dealkylation sites (N-methyl/N-ethyl adjacent to an activating group) is 1. The summed E-state index contributed by atoms with van der Waals surface area (Å²) in [6, 6.07) is 11.8. The van der Waals surface area contributed by atoms with Crippen LogP contribution in [0.5, 0.6) is 0 Å². The zero-order valence-electron chi connectivity index (χ0n) is 16.0. The van der Waals surface area contributed by atoms with E-state index in [1.54, 1.807) is 0 Å². The average Bonchev–Trinajstić information content (AvgIpc) is 3.18. The van der Waals surface area contributed by atoms with Crippen molar-refractivity contribution in [2.24, 2.45) is 0 Å². The van der Waals surface area contributed by atoms with Gasteiger partial charge in [0.05, 0.1) is 11.4 Å². The molecule has 0 radical (unpaired) electrons. The minimum atomic E-state index is -3.76. The van der Waals surface area contributed by atoms with E-state index in [0.29, 0.717) is 10.7 Å². The lowest BCUT2D eigenvalue weighted by Gasteiger charge is -2.20. The largest absolute Gasteiger partial charge is 0.372 e. The Morgan fingerprint density at radius 1 is 1.14 bits per heavy atom. The first-order valence-electron chi connectivity index (χ1n) is 9.15. The number of benzene rings is 2. The summed E-state index contributed by atoms with van der Waals surface area (Å²) in [5, 5.41) is 3.26. The number of nitrogens with zero attached hydrogens (tertiary/aromatic N) is 2. The van der Waals surface area contributed by atoms with Crippen molar-refractivity contribution in [3.63, 3.8) is 0 Å². The molecule has 0 saturated carbocycles. The summed E-state index contributed by atoms with van der Waals surface area (Å²) in [4.78, 5) is 14.8. The quantitative estimate of drug-likeness (QED) is 0.774. The smallest absolute Gasteiger partial charge is 0.243 e. The number of carbonyl (C=O) groups excluding carboxylic acids is 1. The number of carbonyl (C=O) groups is 1. The Bertz CT molecular complexity index is 955. The molecule has 1 aliphatic heterocycles. The monoisotopic (exact) mass is 421 g/mol. The summed E-state index contributed by atoms with van der Waals surface area (Å²) >= 11 is 5.81. The van der Waals surface area contributed by atoms with Gasteiger partial charge in [0, 0.05) is 36.5 Å². The summed E-state index contributed by atoms with van der Waals surface area (Å²) < 4.78 is 26.2. The molecule has 0 aliphatic carbocycles. The van der Waals surface area contributed by atoms with Gasteiger partial charge in [-0.3, -0.25) is 4.79 Å². The van der Waals surface area contributed by atoms with Gasteiger partial charge in [-0.1, -0.05) is 11.6 Å². The number of sulfonamides is 1. The number of halogens is 1. The van der Waals surface area contributed by atoms with Crippen molar-refractivity contribution >= 4 is 38.9 Å². The first-order valence-corrected chi connectivity index (χ1v) is 11.0. The number of rotatable bonds is 6. The zero-order valence-corrected chi connectivity index (χ0v) is 17.6. The van der Waals surface area contributed by atoms with E-state index in [0.717, 1.165) is 28.6 Å². The lowest BCUT2D eigenvalue weighted by Crippen LogP contribution is -2.35. The minimum Gasteiger partial charge on any atom is -0.372 e. The third-order valence-corrected chi connectivity index (χ3v) is 6.91. The van der Waals surface area contributed by atoms with Crippen molar-refractivity contribution in [2.75, 3.05) is 36.9 Å². The molecule has 1 N–H and O–H groups in total. The van der Waals surface area contributed by atoms with Crippen LogP contribution in [0, 0.1) is 6.92 Å². The van der Waals surface area contributed by atoms with Crippen molar-refractivity contribution in [1.29, 1.82) is 0 Å². The van der Waals surface area contributed by atoms with E-state index >= 15 is 0 Å². The Kier molecular flexibility index (Phi) is 6.27. The highest BCUT2D eigenvalue weighted by Gasteiger charge is 2.23. The third-order valence-electron chi connectivity index (χ3n) is 4.84. The number of nitrogens with one attached hydrogen (secondary N) is 1. The molecule has 1 heterocycles. The van der Waals surface area contributed by atoms with E-state index in [4.69, 9.17) is 11.6 Å². The van der Waals surface area contributed by atoms with Crippen LogP contribution in [-0.4, -0.2) is 45.3 Å². The molecule has 0 bridgehead atoms. The van der Waals surface area contributed by atoms with E-state index in [1.165, 1.54) is 44.2 Å². The second-order valence-corrected chi connectivity index (χ2v) is 9.44.